The van der Waals surface area contributed by atoms with Crippen LogP contribution in [0.2, 0.25) is 0 Å². The molecule has 1 fully saturated rings. The topological polar surface area (TPSA) is 78.2 Å². The van der Waals surface area contributed by atoms with Crippen LogP contribution in [0.3, 0.4) is 0 Å². The molecular formula is C18H18N2O3. The van der Waals surface area contributed by atoms with Gasteiger partial charge in [-0.15, -0.1) is 0 Å². The number of phenols is 2. The summed E-state index contributed by atoms with van der Waals surface area (Å²) in [4.78, 5) is 15.1. The lowest BCUT2D eigenvalue weighted by atomic mass is 9.96. The first-order valence-corrected chi connectivity index (χ1v) is 7.91. The smallest absolute Gasteiger partial charge is 0.331 e. The van der Waals surface area contributed by atoms with Gasteiger partial charge in [-0.25, -0.2) is 4.79 Å². The third-order valence-electron chi connectivity index (χ3n) is 4.75. The molecule has 3 aromatic rings. The predicted molar refractivity (Wildman–Crippen MR) is 88.4 cm³/mol. The fourth-order valence-corrected chi connectivity index (χ4v) is 3.62. The molecule has 0 saturated heterocycles. The molecular weight excluding hydrogens is 292 g/mol. The molecule has 4 rings (SSSR count). The van der Waals surface area contributed by atoms with Crippen molar-refractivity contribution in [2.24, 2.45) is 0 Å². The fourth-order valence-electron chi connectivity index (χ4n) is 3.62. The molecule has 1 aliphatic carbocycles. The van der Waals surface area contributed by atoms with Gasteiger partial charge in [0.15, 0.2) is 0 Å². The molecule has 0 amide bonds. The molecule has 0 aliphatic heterocycles. The van der Waals surface area contributed by atoms with Crippen LogP contribution in [0.4, 0.5) is 0 Å². The molecule has 23 heavy (non-hydrogen) atoms. The van der Waals surface area contributed by atoms with E-state index in [1.807, 2.05) is 24.3 Å². The van der Waals surface area contributed by atoms with Crippen LogP contribution in [0.5, 0.6) is 11.5 Å². The first kappa shape index (κ1) is 13.9. The van der Waals surface area contributed by atoms with E-state index >= 15 is 0 Å². The van der Waals surface area contributed by atoms with E-state index in [4.69, 9.17) is 0 Å². The second kappa shape index (κ2) is 5.19. The summed E-state index contributed by atoms with van der Waals surface area (Å²) in [5.74, 6) is 0.289. The molecule has 2 aromatic carbocycles. The van der Waals surface area contributed by atoms with E-state index in [2.05, 4.69) is 4.98 Å². The Balaban J connectivity index is 1.95. The van der Waals surface area contributed by atoms with Gasteiger partial charge in [0.1, 0.15) is 11.5 Å². The van der Waals surface area contributed by atoms with Gasteiger partial charge in [-0.1, -0.05) is 25.0 Å². The van der Waals surface area contributed by atoms with Gasteiger partial charge in [-0.3, -0.25) is 4.57 Å². The lowest BCUT2D eigenvalue weighted by Gasteiger charge is -2.15. The van der Waals surface area contributed by atoms with E-state index in [-0.39, 0.29) is 23.1 Å². The highest BCUT2D eigenvalue weighted by Crippen LogP contribution is 2.41. The van der Waals surface area contributed by atoms with Gasteiger partial charge >= 0.3 is 5.69 Å². The van der Waals surface area contributed by atoms with Crippen molar-refractivity contribution in [3.05, 3.63) is 52.4 Å². The fraction of sp³-hybridized carbons (Fsp3) is 0.278. The van der Waals surface area contributed by atoms with Crippen molar-refractivity contribution < 1.29 is 10.2 Å². The van der Waals surface area contributed by atoms with Crippen LogP contribution in [-0.2, 0) is 0 Å². The number of fused-ring (bicyclic) bond motifs is 1. The Kier molecular flexibility index (Phi) is 3.15. The maximum atomic E-state index is 12.3. The Labute approximate surface area is 132 Å². The second-order valence-corrected chi connectivity index (χ2v) is 6.16. The van der Waals surface area contributed by atoms with Gasteiger partial charge in [0, 0.05) is 6.07 Å². The third-order valence-corrected chi connectivity index (χ3v) is 4.75. The minimum atomic E-state index is -0.301. The van der Waals surface area contributed by atoms with Crippen LogP contribution in [0, 0.1) is 0 Å². The monoisotopic (exact) mass is 310 g/mol. The number of H-pyrrole nitrogens is 1. The number of imidazole rings is 1. The standard InChI is InChI=1S/C18H18N2O3/c21-16-10-17(22)15(9-12(16)11-5-1-2-6-11)20-14-8-4-3-7-13(14)19-18(20)23/h3-4,7-11,21-22H,1-2,5-6H2,(H,19,23). The van der Waals surface area contributed by atoms with E-state index in [0.717, 1.165) is 31.2 Å². The molecule has 1 saturated carbocycles. The van der Waals surface area contributed by atoms with Gasteiger partial charge < -0.3 is 15.2 Å². The highest BCUT2D eigenvalue weighted by molar-refractivity contribution is 5.78. The van der Waals surface area contributed by atoms with Crippen LogP contribution >= 0.6 is 0 Å². The first-order valence-electron chi connectivity index (χ1n) is 7.91. The highest BCUT2D eigenvalue weighted by Gasteiger charge is 2.23. The van der Waals surface area contributed by atoms with Crippen molar-refractivity contribution in [3.63, 3.8) is 0 Å². The maximum Gasteiger partial charge on any atom is 0.331 e. The summed E-state index contributed by atoms with van der Waals surface area (Å²) in [7, 11) is 0. The summed E-state index contributed by atoms with van der Waals surface area (Å²) in [6, 6.07) is 10.4. The second-order valence-electron chi connectivity index (χ2n) is 6.16. The molecule has 0 unspecified atom stereocenters. The van der Waals surface area contributed by atoms with Crippen LogP contribution < -0.4 is 5.69 Å². The summed E-state index contributed by atoms with van der Waals surface area (Å²) >= 11 is 0. The lowest BCUT2D eigenvalue weighted by molar-refractivity contribution is 0.440. The van der Waals surface area contributed by atoms with E-state index < -0.39 is 0 Å². The van der Waals surface area contributed by atoms with Crippen molar-refractivity contribution in [2.45, 2.75) is 31.6 Å². The number of nitrogens with zero attached hydrogens (tertiary/aromatic N) is 1. The van der Waals surface area contributed by atoms with Crippen molar-refractivity contribution in [1.29, 1.82) is 0 Å². The molecule has 0 spiro atoms. The van der Waals surface area contributed by atoms with Crippen LogP contribution in [-0.4, -0.2) is 19.8 Å². The summed E-state index contributed by atoms with van der Waals surface area (Å²) in [5.41, 5.74) is 2.34. The molecule has 5 nitrogen and oxygen atoms in total. The summed E-state index contributed by atoms with van der Waals surface area (Å²) in [6.45, 7) is 0. The molecule has 1 aromatic heterocycles. The Bertz CT molecular complexity index is 933. The Hall–Kier alpha value is -2.69. The zero-order chi connectivity index (χ0) is 16.0. The number of aromatic nitrogens is 2. The number of benzene rings is 2. The number of aromatic amines is 1. The number of hydrogen-bond acceptors (Lipinski definition) is 3. The lowest BCUT2D eigenvalue weighted by Crippen LogP contribution is -2.15. The van der Waals surface area contributed by atoms with Crippen molar-refractivity contribution >= 4 is 11.0 Å². The van der Waals surface area contributed by atoms with E-state index in [0.29, 0.717) is 16.7 Å². The minimum Gasteiger partial charge on any atom is -0.508 e. The van der Waals surface area contributed by atoms with Crippen LogP contribution in [0.25, 0.3) is 16.7 Å². The molecule has 5 heteroatoms. The van der Waals surface area contributed by atoms with E-state index in [1.165, 1.54) is 10.6 Å². The van der Waals surface area contributed by atoms with Gasteiger partial charge in [-0.05, 0) is 42.5 Å². The molecule has 118 valence electrons. The zero-order valence-electron chi connectivity index (χ0n) is 12.6. The van der Waals surface area contributed by atoms with Crippen LogP contribution in [0.15, 0.2) is 41.2 Å². The summed E-state index contributed by atoms with van der Waals surface area (Å²) in [5, 5.41) is 20.5. The number of nitrogens with one attached hydrogen (secondary N) is 1. The number of hydrogen-bond donors (Lipinski definition) is 3. The van der Waals surface area contributed by atoms with Gasteiger partial charge in [0.2, 0.25) is 0 Å². The highest BCUT2D eigenvalue weighted by atomic mass is 16.3. The zero-order valence-corrected chi connectivity index (χ0v) is 12.6. The molecule has 0 atom stereocenters. The maximum absolute atomic E-state index is 12.3. The van der Waals surface area contributed by atoms with Crippen LogP contribution in [0.1, 0.15) is 37.2 Å². The van der Waals surface area contributed by atoms with E-state index in [1.54, 1.807) is 6.07 Å². The SMILES string of the molecule is O=c1[nH]c2ccccc2n1-c1cc(C2CCCC2)c(O)cc1O. The van der Waals surface area contributed by atoms with Gasteiger partial charge in [0.25, 0.3) is 0 Å². The quantitative estimate of drug-likeness (QED) is 0.679. The number of phenolic OH excluding ortho intramolecular Hbond substituents is 2. The normalized spacial score (nSPS) is 15.5. The third kappa shape index (κ3) is 2.20. The average Bonchev–Trinajstić information content (AvgIpc) is 3.15. The Morgan fingerprint density at radius 1 is 1.04 bits per heavy atom. The van der Waals surface area contributed by atoms with Gasteiger partial charge in [-0.2, -0.15) is 0 Å². The minimum absolute atomic E-state index is 0.101. The molecule has 3 N–H and O–H groups in total. The molecule has 1 aliphatic rings. The number of aromatic hydroxyl groups is 2. The first-order chi connectivity index (χ1) is 11.1. The summed E-state index contributed by atoms with van der Waals surface area (Å²) < 4.78 is 1.46. The summed E-state index contributed by atoms with van der Waals surface area (Å²) in [6.07, 6.45) is 4.35. The van der Waals surface area contributed by atoms with Crippen molar-refractivity contribution in [3.8, 4) is 17.2 Å². The molecule has 0 radical (unpaired) electrons. The van der Waals surface area contributed by atoms with Gasteiger partial charge in [0.05, 0.1) is 16.7 Å². The predicted octanol–water partition coefficient (Wildman–Crippen LogP) is 3.39. The van der Waals surface area contributed by atoms with E-state index in [9.17, 15) is 15.0 Å². The Morgan fingerprint density at radius 2 is 1.78 bits per heavy atom. The number of para-hydroxylation sites is 2. The molecule has 0 bridgehead atoms. The van der Waals surface area contributed by atoms with Crippen molar-refractivity contribution in [1.82, 2.24) is 9.55 Å². The number of rotatable bonds is 2. The molecule has 1 heterocycles. The largest absolute Gasteiger partial charge is 0.508 e. The average molecular weight is 310 g/mol. The van der Waals surface area contributed by atoms with Crippen molar-refractivity contribution in [2.75, 3.05) is 0 Å². The Morgan fingerprint density at radius 3 is 2.57 bits per heavy atom.